The van der Waals surface area contributed by atoms with E-state index in [1.807, 2.05) is 18.2 Å². The smallest absolute Gasteiger partial charge is 0.234 e. The molecule has 0 aliphatic heterocycles. The number of hydrogen-bond donors (Lipinski definition) is 1. The second-order valence-corrected chi connectivity index (χ2v) is 7.91. The number of thiophene rings is 1. The number of amides is 1. The Balaban J connectivity index is 1.51. The molecule has 4 rings (SSSR count). The Labute approximate surface area is 168 Å². The highest BCUT2D eigenvalue weighted by Gasteiger charge is 2.13. The van der Waals surface area contributed by atoms with Crippen molar-refractivity contribution in [2.45, 2.75) is 5.03 Å². The lowest BCUT2D eigenvalue weighted by Crippen LogP contribution is -2.14. The van der Waals surface area contributed by atoms with Crippen LogP contribution in [0.15, 0.2) is 66.1 Å². The zero-order valence-electron chi connectivity index (χ0n) is 13.9. The minimum absolute atomic E-state index is 0.167. The van der Waals surface area contributed by atoms with Crippen molar-refractivity contribution >= 4 is 56.5 Å². The van der Waals surface area contributed by atoms with Crippen LogP contribution in [0.1, 0.15) is 0 Å². The molecule has 0 radical (unpaired) electrons. The molecular weight excluding hydrogens is 400 g/mol. The van der Waals surface area contributed by atoms with Crippen LogP contribution in [0.3, 0.4) is 0 Å². The molecule has 8 heteroatoms. The van der Waals surface area contributed by atoms with Gasteiger partial charge < -0.3 is 5.32 Å². The standard InChI is InChI=1S/C19H13ClN4OS2/c20-17-14(7-4-8-21-17)24-16(25)10-26-18-13-9-15(12-5-2-1-3-6-12)27-19(13)23-11-22-18/h1-9,11H,10H2,(H,24,25). The van der Waals surface area contributed by atoms with Crippen molar-refractivity contribution in [2.75, 3.05) is 11.1 Å². The number of nitrogens with one attached hydrogen (secondary N) is 1. The molecule has 4 aromatic rings. The van der Waals surface area contributed by atoms with Crippen LogP contribution < -0.4 is 5.32 Å². The summed E-state index contributed by atoms with van der Waals surface area (Å²) in [5.41, 5.74) is 1.64. The summed E-state index contributed by atoms with van der Waals surface area (Å²) in [5, 5.41) is 4.77. The summed E-state index contributed by atoms with van der Waals surface area (Å²) >= 11 is 8.96. The normalized spacial score (nSPS) is 10.9. The number of pyridine rings is 1. The van der Waals surface area contributed by atoms with Crippen molar-refractivity contribution in [3.8, 4) is 10.4 Å². The fourth-order valence-corrected chi connectivity index (χ4v) is 4.50. The monoisotopic (exact) mass is 412 g/mol. The molecule has 0 bridgehead atoms. The number of nitrogens with zero attached hydrogens (tertiary/aromatic N) is 3. The molecule has 5 nitrogen and oxygen atoms in total. The van der Waals surface area contributed by atoms with Gasteiger partial charge in [-0.3, -0.25) is 4.79 Å². The zero-order chi connectivity index (χ0) is 18.6. The van der Waals surface area contributed by atoms with E-state index >= 15 is 0 Å². The maximum Gasteiger partial charge on any atom is 0.234 e. The number of aromatic nitrogens is 3. The van der Waals surface area contributed by atoms with E-state index in [1.165, 1.54) is 18.1 Å². The summed E-state index contributed by atoms with van der Waals surface area (Å²) in [6, 6.07) is 15.7. The predicted octanol–water partition coefficient (Wildman–Crippen LogP) is 5.14. The van der Waals surface area contributed by atoms with Crippen LogP contribution >= 0.6 is 34.7 Å². The third kappa shape index (κ3) is 4.10. The van der Waals surface area contributed by atoms with Crippen LogP contribution in [0.4, 0.5) is 5.69 Å². The van der Waals surface area contributed by atoms with Crippen molar-refractivity contribution in [3.05, 3.63) is 66.2 Å². The Kier molecular flexibility index (Phi) is 5.33. The number of hydrogen-bond acceptors (Lipinski definition) is 6. The van der Waals surface area contributed by atoms with Crippen molar-refractivity contribution in [3.63, 3.8) is 0 Å². The fraction of sp³-hybridized carbons (Fsp3) is 0.0526. The maximum absolute atomic E-state index is 12.2. The molecule has 3 heterocycles. The first-order chi connectivity index (χ1) is 13.2. The molecule has 1 N–H and O–H groups in total. The van der Waals surface area contributed by atoms with Gasteiger partial charge in [-0.05, 0) is 23.8 Å². The first kappa shape index (κ1) is 17.9. The van der Waals surface area contributed by atoms with E-state index in [2.05, 4.69) is 38.5 Å². The molecule has 0 unspecified atom stereocenters. The number of carbonyl (C=O) groups is 1. The van der Waals surface area contributed by atoms with Gasteiger partial charge >= 0.3 is 0 Å². The quantitative estimate of drug-likeness (QED) is 0.279. The van der Waals surface area contributed by atoms with Gasteiger partial charge in [0.2, 0.25) is 5.91 Å². The van der Waals surface area contributed by atoms with Gasteiger partial charge in [-0.2, -0.15) is 0 Å². The Morgan fingerprint density at radius 1 is 1.11 bits per heavy atom. The predicted molar refractivity (Wildman–Crippen MR) is 111 cm³/mol. The molecule has 0 atom stereocenters. The Hall–Kier alpha value is -2.48. The second-order valence-electron chi connectivity index (χ2n) is 5.55. The molecule has 1 aromatic carbocycles. The Morgan fingerprint density at radius 3 is 2.78 bits per heavy atom. The minimum atomic E-state index is -0.167. The van der Waals surface area contributed by atoms with Gasteiger partial charge in [-0.15, -0.1) is 11.3 Å². The summed E-state index contributed by atoms with van der Waals surface area (Å²) in [6.45, 7) is 0. The van der Waals surface area contributed by atoms with Crippen molar-refractivity contribution in [1.29, 1.82) is 0 Å². The molecule has 0 saturated heterocycles. The van der Waals surface area contributed by atoms with Crippen LogP contribution in [0.2, 0.25) is 5.15 Å². The molecular formula is C19H13ClN4OS2. The van der Waals surface area contributed by atoms with Gasteiger partial charge in [0, 0.05) is 16.5 Å². The first-order valence-corrected chi connectivity index (χ1v) is 10.2. The summed E-state index contributed by atoms with van der Waals surface area (Å²) < 4.78 is 0. The van der Waals surface area contributed by atoms with Crippen molar-refractivity contribution < 1.29 is 4.79 Å². The van der Waals surface area contributed by atoms with E-state index in [0.29, 0.717) is 5.69 Å². The average Bonchev–Trinajstić information content (AvgIpc) is 3.14. The Bertz CT molecular complexity index is 1100. The van der Waals surface area contributed by atoms with Crippen molar-refractivity contribution in [1.82, 2.24) is 15.0 Å². The van der Waals surface area contributed by atoms with E-state index in [-0.39, 0.29) is 16.8 Å². The van der Waals surface area contributed by atoms with E-state index < -0.39 is 0 Å². The van der Waals surface area contributed by atoms with Gasteiger partial charge in [-0.1, -0.05) is 53.7 Å². The molecule has 0 aliphatic rings. The number of halogens is 1. The molecule has 0 fully saturated rings. The topological polar surface area (TPSA) is 67.8 Å². The molecule has 0 aliphatic carbocycles. The number of fused-ring (bicyclic) bond motifs is 1. The number of anilines is 1. The summed E-state index contributed by atoms with van der Waals surface area (Å²) in [6.07, 6.45) is 3.11. The molecule has 3 aromatic heterocycles. The first-order valence-electron chi connectivity index (χ1n) is 8.04. The van der Waals surface area contributed by atoms with E-state index in [0.717, 1.165) is 25.7 Å². The van der Waals surface area contributed by atoms with Gasteiger partial charge in [0.05, 0.1) is 11.4 Å². The molecule has 134 valence electrons. The van der Waals surface area contributed by atoms with Crippen LogP contribution in [0.5, 0.6) is 0 Å². The van der Waals surface area contributed by atoms with Crippen LogP contribution in [0, 0.1) is 0 Å². The number of carbonyl (C=O) groups excluding carboxylic acids is 1. The largest absolute Gasteiger partial charge is 0.323 e. The van der Waals surface area contributed by atoms with E-state index in [4.69, 9.17) is 11.6 Å². The number of thioether (sulfide) groups is 1. The zero-order valence-corrected chi connectivity index (χ0v) is 16.3. The number of benzene rings is 1. The van der Waals surface area contributed by atoms with Gasteiger partial charge in [0.15, 0.2) is 5.15 Å². The molecule has 0 spiro atoms. The average molecular weight is 413 g/mol. The minimum Gasteiger partial charge on any atom is -0.323 e. The second kappa shape index (κ2) is 8.04. The molecule has 27 heavy (non-hydrogen) atoms. The van der Waals surface area contributed by atoms with E-state index in [1.54, 1.807) is 29.7 Å². The van der Waals surface area contributed by atoms with Crippen molar-refractivity contribution in [2.24, 2.45) is 0 Å². The summed E-state index contributed by atoms with van der Waals surface area (Å²) in [7, 11) is 0. The highest BCUT2D eigenvalue weighted by Crippen LogP contribution is 2.36. The highest BCUT2D eigenvalue weighted by atomic mass is 35.5. The van der Waals surface area contributed by atoms with Crippen LogP contribution in [0.25, 0.3) is 20.7 Å². The lowest BCUT2D eigenvalue weighted by Gasteiger charge is -2.06. The third-order valence-electron chi connectivity index (χ3n) is 3.72. The lowest BCUT2D eigenvalue weighted by atomic mass is 10.2. The van der Waals surface area contributed by atoms with Gasteiger partial charge in [0.25, 0.3) is 0 Å². The van der Waals surface area contributed by atoms with E-state index in [9.17, 15) is 4.79 Å². The van der Waals surface area contributed by atoms with Gasteiger partial charge in [-0.25, -0.2) is 15.0 Å². The third-order valence-corrected chi connectivity index (χ3v) is 6.12. The fourth-order valence-electron chi connectivity index (χ4n) is 2.49. The number of rotatable bonds is 5. The summed E-state index contributed by atoms with van der Waals surface area (Å²) in [5.74, 6) is 0.0496. The van der Waals surface area contributed by atoms with Crippen LogP contribution in [-0.2, 0) is 4.79 Å². The SMILES string of the molecule is O=C(CSc1ncnc2sc(-c3ccccc3)cc12)Nc1cccnc1Cl. The Morgan fingerprint density at radius 2 is 1.96 bits per heavy atom. The molecule has 0 saturated carbocycles. The van der Waals surface area contributed by atoms with Crippen LogP contribution in [-0.4, -0.2) is 26.6 Å². The highest BCUT2D eigenvalue weighted by molar-refractivity contribution is 8.00. The lowest BCUT2D eigenvalue weighted by molar-refractivity contribution is -0.113. The maximum atomic E-state index is 12.2. The van der Waals surface area contributed by atoms with Gasteiger partial charge in [0.1, 0.15) is 16.2 Å². The molecule has 1 amide bonds. The summed E-state index contributed by atoms with van der Waals surface area (Å²) in [4.78, 5) is 26.9.